The van der Waals surface area contributed by atoms with Crippen LogP contribution in [0.5, 0.6) is 17.2 Å². The van der Waals surface area contributed by atoms with Gasteiger partial charge in [0.15, 0.2) is 23.9 Å². The number of amides is 1. The number of benzene rings is 2. The van der Waals surface area contributed by atoms with Crippen molar-refractivity contribution in [3.63, 3.8) is 0 Å². The van der Waals surface area contributed by atoms with Crippen molar-refractivity contribution in [1.29, 1.82) is 0 Å². The second kappa shape index (κ2) is 10.5. The number of carbonyl (C=O) groups is 2. The quantitative estimate of drug-likeness (QED) is 0.602. The Morgan fingerprint density at radius 3 is 2.28 bits per heavy atom. The molecule has 156 valence electrons. The fourth-order valence-corrected chi connectivity index (χ4v) is 2.76. The van der Waals surface area contributed by atoms with Gasteiger partial charge in [0.1, 0.15) is 5.75 Å². The van der Waals surface area contributed by atoms with E-state index >= 15 is 0 Å². The Morgan fingerprint density at radius 2 is 1.69 bits per heavy atom. The molecule has 0 heterocycles. The maximum absolute atomic E-state index is 12.2. The summed E-state index contributed by atoms with van der Waals surface area (Å²) in [6.07, 6.45) is 0.494. The van der Waals surface area contributed by atoms with Crippen molar-refractivity contribution in [1.82, 2.24) is 5.32 Å². The van der Waals surface area contributed by atoms with Crippen LogP contribution in [0.4, 0.5) is 0 Å². The molecule has 29 heavy (non-hydrogen) atoms. The van der Waals surface area contributed by atoms with E-state index in [0.29, 0.717) is 29.2 Å². The molecule has 0 saturated heterocycles. The highest BCUT2D eigenvalue weighted by Crippen LogP contribution is 2.31. The lowest BCUT2D eigenvalue weighted by molar-refractivity contribution is -0.123. The Labute approximate surface area is 172 Å². The van der Waals surface area contributed by atoms with Gasteiger partial charge in [-0.05, 0) is 62.7 Å². The van der Waals surface area contributed by atoms with Crippen LogP contribution < -0.4 is 19.5 Å². The van der Waals surface area contributed by atoms with Gasteiger partial charge < -0.3 is 19.5 Å². The molecule has 0 aliphatic heterocycles. The minimum Gasteiger partial charge on any atom is -0.493 e. The predicted molar refractivity (Wildman–Crippen MR) is 112 cm³/mol. The molecule has 2 rings (SSSR count). The number of carbonyl (C=O) groups excluding carboxylic acids is 2. The molecule has 1 atom stereocenters. The van der Waals surface area contributed by atoms with Crippen LogP contribution in [0, 0.1) is 0 Å². The van der Waals surface area contributed by atoms with Crippen molar-refractivity contribution in [3.05, 3.63) is 53.6 Å². The van der Waals surface area contributed by atoms with Crippen molar-refractivity contribution in [2.45, 2.75) is 46.3 Å². The van der Waals surface area contributed by atoms with Gasteiger partial charge in [0.05, 0.1) is 19.3 Å². The molecule has 2 aromatic carbocycles. The Kier molecular flexibility index (Phi) is 8.07. The maximum Gasteiger partial charge on any atom is 0.258 e. The minimum absolute atomic E-state index is 0.0400. The number of rotatable bonds is 10. The highest BCUT2D eigenvalue weighted by atomic mass is 16.5. The largest absolute Gasteiger partial charge is 0.493 e. The smallest absolute Gasteiger partial charge is 0.258 e. The summed E-state index contributed by atoms with van der Waals surface area (Å²) < 4.78 is 16.6. The zero-order valence-corrected chi connectivity index (χ0v) is 17.7. The molecule has 0 radical (unpaired) electrons. The number of hydrogen-bond donors (Lipinski definition) is 1. The van der Waals surface area contributed by atoms with Crippen molar-refractivity contribution in [2.75, 3.05) is 13.7 Å². The fourth-order valence-electron chi connectivity index (χ4n) is 2.76. The molecule has 0 aromatic heterocycles. The predicted octanol–water partition coefficient (Wildman–Crippen LogP) is 4.33. The summed E-state index contributed by atoms with van der Waals surface area (Å²) in [5.74, 6) is 1.65. The molecule has 1 unspecified atom stereocenters. The molecule has 6 nitrogen and oxygen atoms in total. The van der Waals surface area contributed by atoms with Crippen molar-refractivity contribution in [2.24, 2.45) is 0 Å². The van der Waals surface area contributed by atoms with Crippen LogP contribution in [0.25, 0.3) is 0 Å². The molecular formula is C23H29NO5. The second-order valence-corrected chi connectivity index (χ2v) is 6.96. The summed E-state index contributed by atoms with van der Waals surface area (Å²) in [7, 11) is 1.59. The highest BCUT2D eigenvalue weighted by molar-refractivity contribution is 5.95. The van der Waals surface area contributed by atoms with E-state index in [1.807, 2.05) is 45.9 Å². The van der Waals surface area contributed by atoms with Crippen molar-refractivity contribution in [3.8, 4) is 17.2 Å². The zero-order valence-electron chi connectivity index (χ0n) is 17.7. The zero-order chi connectivity index (χ0) is 21.4. The van der Waals surface area contributed by atoms with Gasteiger partial charge in [-0.2, -0.15) is 0 Å². The monoisotopic (exact) mass is 399 g/mol. The fraction of sp³-hybridized carbons (Fsp3) is 0.391. The number of methoxy groups -OCH3 is 1. The Balaban J connectivity index is 1.92. The standard InChI is InChI=1S/C23H29NO5/c1-6-20(25)17-7-10-19(11-8-17)28-14-23(26)24-16(4)18-9-12-21(29-15(2)3)22(13-18)27-5/h7-13,15-16H,6,14H2,1-5H3,(H,24,26). The average molecular weight is 399 g/mol. The third-order valence-electron chi connectivity index (χ3n) is 4.30. The SMILES string of the molecule is CCC(=O)c1ccc(OCC(=O)NC(C)c2ccc(OC(C)C)c(OC)c2)cc1. The lowest BCUT2D eigenvalue weighted by Gasteiger charge is -2.18. The summed E-state index contributed by atoms with van der Waals surface area (Å²) in [6.45, 7) is 7.49. The van der Waals surface area contributed by atoms with E-state index < -0.39 is 0 Å². The van der Waals surface area contributed by atoms with Gasteiger partial charge in [0.2, 0.25) is 0 Å². The molecule has 0 fully saturated rings. The van der Waals surface area contributed by atoms with E-state index in [4.69, 9.17) is 14.2 Å². The van der Waals surface area contributed by atoms with Gasteiger partial charge in [-0.15, -0.1) is 0 Å². The van der Waals surface area contributed by atoms with E-state index in [1.54, 1.807) is 31.4 Å². The first-order valence-corrected chi connectivity index (χ1v) is 9.74. The topological polar surface area (TPSA) is 73.9 Å². The van der Waals surface area contributed by atoms with Gasteiger partial charge in [0.25, 0.3) is 5.91 Å². The van der Waals surface area contributed by atoms with Crippen LogP contribution in [0.1, 0.15) is 56.1 Å². The van der Waals surface area contributed by atoms with E-state index in [2.05, 4.69) is 5.32 Å². The maximum atomic E-state index is 12.2. The van der Waals surface area contributed by atoms with Gasteiger partial charge in [-0.3, -0.25) is 9.59 Å². The van der Waals surface area contributed by atoms with Gasteiger partial charge in [0, 0.05) is 12.0 Å². The molecule has 0 bridgehead atoms. The molecule has 2 aromatic rings. The highest BCUT2D eigenvalue weighted by Gasteiger charge is 2.14. The van der Waals surface area contributed by atoms with Crippen molar-refractivity contribution >= 4 is 11.7 Å². The number of ketones is 1. The lowest BCUT2D eigenvalue weighted by Crippen LogP contribution is -2.31. The summed E-state index contributed by atoms with van der Waals surface area (Å²) in [4.78, 5) is 23.9. The van der Waals surface area contributed by atoms with Gasteiger partial charge >= 0.3 is 0 Å². The van der Waals surface area contributed by atoms with Crippen molar-refractivity contribution < 1.29 is 23.8 Å². The first kappa shape index (κ1) is 22.3. The first-order chi connectivity index (χ1) is 13.8. The minimum atomic E-state index is -0.243. The van der Waals surface area contributed by atoms with E-state index in [-0.39, 0.29) is 30.4 Å². The normalized spacial score (nSPS) is 11.7. The number of hydrogen-bond acceptors (Lipinski definition) is 5. The van der Waals surface area contributed by atoms with Gasteiger partial charge in [-0.1, -0.05) is 13.0 Å². The third-order valence-corrected chi connectivity index (χ3v) is 4.30. The molecule has 0 saturated carbocycles. The average Bonchev–Trinajstić information content (AvgIpc) is 2.71. The summed E-state index contributed by atoms with van der Waals surface area (Å²) in [6, 6.07) is 12.2. The van der Waals surface area contributed by atoms with Crippen LogP contribution >= 0.6 is 0 Å². The second-order valence-electron chi connectivity index (χ2n) is 6.96. The summed E-state index contributed by atoms with van der Waals surface area (Å²) >= 11 is 0. The molecule has 1 amide bonds. The molecule has 6 heteroatoms. The van der Waals surface area contributed by atoms with Crippen LogP contribution in [0.2, 0.25) is 0 Å². The molecule has 0 spiro atoms. The van der Waals surface area contributed by atoms with Crippen LogP contribution in [-0.4, -0.2) is 31.5 Å². The lowest BCUT2D eigenvalue weighted by atomic mass is 10.1. The van der Waals surface area contributed by atoms with E-state index in [0.717, 1.165) is 5.56 Å². The molecular weight excluding hydrogens is 370 g/mol. The van der Waals surface area contributed by atoms with E-state index in [1.165, 1.54) is 0 Å². The number of Topliss-reactive ketones (excluding diaryl/α,β-unsaturated/α-hetero) is 1. The molecule has 1 N–H and O–H groups in total. The Hall–Kier alpha value is -3.02. The third kappa shape index (κ3) is 6.52. The molecule has 0 aliphatic carbocycles. The van der Waals surface area contributed by atoms with Gasteiger partial charge in [-0.25, -0.2) is 0 Å². The Morgan fingerprint density at radius 1 is 1.00 bits per heavy atom. The number of ether oxygens (including phenoxy) is 3. The Bertz CT molecular complexity index is 830. The van der Waals surface area contributed by atoms with Crippen LogP contribution in [-0.2, 0) is 4.79 Å². The summed E-state index contributed by atoms with van der Waals surface area (Å²) in [5, 5.41) is 2.90. The first-order valence-electron chi connectivity index (χ1n) is 9.74. The number of nitrogens with one attached hydrogen (secondary N) is 1. The van der Waals surface area contributed by atoms with Crippen LogP contribution in [0.15, 0.2) is 42.5 Å². The van der Waals surface area contributed by atoms with E-state index in [9.17, 15) is 9.59 Å². The summed E-state index contributed by atoms with van der Waals surface area (Å²) in [5.41, 5.74) is 1.53. The molecule has 0 aliphatic rings. The van der Waals surface area contributed by atoms with Crippen LogP contribution in [0.3, 0.4) is 0 Å².